The number of aliphatic hydroxyl groups is 1. The van der Waals surface area contributed by atoms with Crippen LogP contribution in [0.15, 0.2) is 24.3 Å². The first-order chi connectivity index (χ1) is 10.9. The van der Waals surface area contributed by atoms with Crippen molar-refractivity contribution < 1.29 is 19.7 Å². The summed E-state index contributed by atoms with van der Waals surface area (Å²) in [5.74, 6) is 0.917. The molecule has 1 saturated heterocycles. The van der Waals surface area contributed by atoms with Crippen molar-refractivity contribution in [1.82, 2.24) is 5.32 Å². The number of hydrogen-bond donors (Lipinski definition) is 5. The Balaban J connectivity index is 0. The smallest absolute Gasteiger partial charge is 0.290 e. The molecule has 7 nitrogen and oxygen atoms in total. The number of carboxylic acid groups (broad SMARTS) is 1. The van der Waals surface area contributed by atoms with Gasteiger partial charge in [-0.1, -0.05) is 17.7 Å². The average Bonchev–Trinajstić information content (AvgIpc) is 3.34. The number of carbonyl (C=O) groups is 1. The molecule has 1 fully saturated rings. The van der Waals surface area contributed by atoms with Crippen molar-refractivity contribution in [2.75, 3.05) is 26.7 Å². The van der Waals surface area contributed by atoms with Crippen molar-refractivity contribution in [3.05, 3.63) is 29.8 Å². The van der Waals surface area contributed by atoms with Gasteiger partial charge in [-0.15, -0.1) is 0 Å². The van der Waals surface area contributed by atoms with Gasteiger partial charge in [-0.25, -0.2) is 0 Å². The van der Waals surface area contributed by atoms with Crippen LogP contribution in [0.25, 0.3) is 0 Å². The van der Waals surface area contributed by atoms with E-state index in [4.69, 9.17) is 31.2 Å². The molecular formula is C16H31N3O4. The fourth-order valence-electron chi connectivity index (χ4n) is 1.17. The van der Waals surface area contributed by atoms with E-state index in [1.165, 1.54) is 5.56 Å². The highest BCUT2D eigenvalue weighted by atomic mass is 16.5. The Labute approximate surface area is 138 Å². The Morgan fingerprint density at radius 2 is 1.87 bits per heavy atom. The molecule has 0 aromatic heterocycles. The maximum Gasteiger partial charge on any atom is 0.290 e. The summed E-state index contributed by atoms with van der Waals surface area (Å²) in [6.07, 6.45) is 0.481. The lowest BCUT2D eigenvalue weighted by molar-refractivity contribution is -0.122. The normalized spacial score (nSPS) is 15.3. The fraction of sp³-hybridized carbons (Fsp3) is 0.562. The van der Waals surface area contributed by atoms with Gasteiger partial charge in [0, 0.05) is 19.1 Å². The molecule has 23 heavy (non-hydrogen) atoms. The van der Waals surface area contributed by atoms with Gasteiger partial charge in [0.05, 0.1) is 13.2 Å². The van der Waals surface area contributed by atoms with Crippen LogP contribution in [0.1, 0.15) is 18.9 Å². The van der Waals surface area contributed by atoms with Gasteiger partial charge in [0.2, 0.25) is 0 Å². The van der Waals surface area contributed by atoms with Gasteiger partial charge >= 0.3 is 0 Å². The minimum absolute atomic E-state index is 0.227. The number of methoxy groups -OCH3 is 1. The summed E-state index contributed by atoms with van der Waals surface area (Å²) in [5, 5.41) is 18.4. The van der Waals surface area contributed by atoms with Crippen LogP contribution in [0.4, 0.5) is 0 Å². The second-order valence-corrected chi connectivity index (χ2v) is 4.89. The highest BCUT2D eigenvalue weighted by Gasteiger charge is 2.15. The van der Waals surface area contributed by atoms with Crippen molar-refractivity contribution in [3.8, 4) is 5.75 Å². The number of aryl methyl sites for hydroxylation is 1. The number of benzene rings is 1. The maximum atomic E-state index is 8.47. The highest BCUT2D eigenvalue weighted by molar-refractivity contribution is 5.32. The average molecular weight is 329 g/mol. The van der Waals surface area contributed by atoms with Gasteiger partial charge in [0.25, 0.3) is 6.47 Å². The molecule has 0 bridgehead atoms. The molecule has 1 heterocycles. The minimum atomic E-state index is -0.250. The van der Waals surface area contributed by atoms with E-state index in [0.717, 1.165) is 18.8 Å². The molecule has 7 N–H and O–H groups in total. The molecule has 1 aliphatic heterocycles. The molecule has 1 aromatic rings. The zero-order valence-corrected chi connectivity index (χ0v) is 14.2. The van der Waals surface area contributed by atoms with Crippen LogP contribution >= 0.6 is 0 Å². The van der Waals surface area contributed by atoms with E-state index in [9.17, 15) is 0 Å². The largest absolute Gasteiger partial charge is 0.497 e. The topological polar surface area (TPSA) is 141 Å². The predicted octanol–water partition coefficient (Wildman–Crippen LogP) is 0.337. The Hall–Kier alpha value is -1.67. The summed E-state index contributed by atoms with van der Waals surface area (Å²) < 4.78 is 4.97. The molecule has 7 heteroatoms. The Morgan fingerprint density at radius 1 is 1.39 bits per heavy atom. The third-order valence-corrected chi connectivity index (χ3v) is 2.62. The first kappa shape index (κ1) is 23.6. The third kappa shape index (κ3) is 20.3. The Bertz CT molecular complexity index is 368. The lowest BCUT2D eigenvalue weighted by atomic mass is 10.2. The lowest BCUT2D eigenvalue weighted by Gasteiger charge is -1.97. The number of ether oxygens (including phenoxy) is 1. The van der Waals surface area contributed by atoms with Crippen molar-refractivity contribution >= 4 is 6.47 Å². The molecule has 1 aromatic carbocycles. The van der Waals surface area contributed by atoms with E-state index in [2.05, 4.69) is 12.2 Å². The predicted molar refractivity (Wildman–Crippen MR) is 92.6 cm³/mol. The SMILES string of the molecule is CC(O)CCN.COc1ccc(C)cc1.NCC1CN1.O=CO. The van der Waals surface area contributed by atoms with Crippen molar-refractivity contribution in [2.45, 2.75) is 32.4 Å². The van der Waals surface area contributed by atoms with E-state index in [-0.39, 0.29) is 12.6 Å². The van der Waals surface area contributed by atoms with Crippen LogP contribution in [0.3, 0.4) is 0 Å². The van der Waals surface area contributed by atoms with Crippen LogP contribution < -0.4 is 21.5 Å². The van der Waals surface area contributed by atoms with Gasteiger partial charge < -0.3 is 31.7 Å². The molecule has 0 spiro atoms. The molecule has 2 atom stereocenters. The molecule has 134 valence electrons. The molecule has 1 aliphatic rings. The molecule has 0 aliphatic carbocycles. The van der Waals surface area contributed by atoms with E-state index >= 15 is 0 Å². The summed E-state index contributed by atoms with van der Waals surface area (Å²) >= 11 is 0. The molecule has 0 amide bonds. The maximum absolute atomic E-state index is 8.47. The molecular weight excluding hydrogens is 298 g/mol. The van der Waals surface area contributed by atoms with Crippen LogP contribution in [0.5, 0.6) is 5.75 Å². The summed E-state index contributed by atoms with van der Waals surface area (Å²) in [5.41, 5.74) is 11.5. The number of hydrogen-bond acceptors (Lipinski definition) is 6. The molecule has 0 radical (unpaired) electrons. The highest BCUT2D eigenvalue weighted by Crippen LogP contribution is 2.09. The summed E-state index contributed by atoms with van der Waals surface area (Å²) in [7, 11) is 1.67. The van der Waals surface area contributed by atoms with Crippen molar-refractivity contribution in [1.29, 1.82) is 0 Å². The van der Waals surface area contributed by atoms with Crippen LogP contribution in [0.2, 0.25) is 0 Å². The van der Waals surface area contributed by atoms with Gasteiger partial charge in [-0.3, -0.25) is 4.79 Å². The summed E-state index contributed by atoms with van der Waals surface area (Å²) in [6.45, 7) is 6.06. The number of rotatable bonds is 4. The van der Waals surface area contributed by atoms with E-state index in [1.54, 1.807) is 14.0 Å². The second-order valence-electron chi connectivity index (χ2n) is 4.89. The molecule has 0 saturated carbocycles. The number of nitrogens with two attached hydrogens (primary N) is 2. The van der Waals surface area contributed by atoms with E-state index < -0.39 is 0 Å². The number of nitrogens with one attached hydrogen (secondary N) is 1. The quantitative estimate of drug-likeness (QED) is 0.396. The van der Waals surface area contributed by atoms with Crippen LogP contribution in [-0.2, 0) is 4.79 Å². The fourth-order valence-corrected chi connectivity index (χ4v) is 1.17. The summed E-state index contributed by atoms with van der Waals surface area (Å²) in [6, 6.07) is 8.62. The first-order valence-electron chi connectivity index (χ1n) is 7.45. The Kier molecular flexibility index (Phi) is 17.1. The lowest BCUT2D eigenvalue weighted by Crippen LogP contribution is -2.08. The van der Waals surface area contributed by atoms with Gasteiger partial charge in [-0.05, 0) is 38.9 Å². The third-order valence-electron chi connectivity index (χ3n) is 2.62. The van der Waals surface area contributed by atoms with Crippen molar-refractivity contribution in [3.63, 3.8) is 0 Å². The molecule has 2 unspecified atom stereocenters. The monoisotopic (exact) mass is 329 g/mol. The Morgan fingerprint density at radius 3 is 2.04 bits per heavy atom. The summed E-state index contributed by atoms with van der Waals surface area (Å²) in [4.78, 5) is 8.36. The van der Waals surface area contributed by atoms with Gasteiger partial charge in [0.15, 0.2) is 0 Å². The minimum Gasteiger partial charge on any atom is -0.497 e. The molecule has 2 rings (SSSR count). The van der Waals surface area contributed by atoms with Gasteiger partial charge in [0.1, 0.15) is 5.75 Å². The first-order valence-corrected chi connectivity index (χ1v) is 7.45. The zero-order valence-electron chi connectivity index (χ0n) is 14.2. The zero-order chi connectivity index (χ0) is 18.1. The van der Waals surface area contributed by atoms with Gasteiger partial charge in [-0.2, -0.15) is 0 Å². The van der Waals surface area contributed by atoms with Crippen LogP contribution in [-0.4, -0.2) is 55.6 Å². The number of aliphatic hydroxyl groups excluding tert-OH is 1. The van der Waals surface area contributed by atoms with Crippen molar-refractivity contribution in [2.24, 2.45) is 11.5 Å². The second kappa shape index (κ2) is 16.7. The van der Waals surface area contributed by atoms with Crippen LogP contribution in [0, 0.1) is 6.92 Å². The van der Waals surface area contributed by atoms with E-state index in [1.807, 2.05) is 24.3 Å². The van der Waals surface area contributed by atoms with E-state index in [0.29, 0.717) is 19.0 Å². The standard InChI is InChI=1S/C8H10O.C4H11NO.C3H8N2.CH2O2/c1-7-3-5-8(9-2)6-4-7;1-4(6)2-3-5;4-1-3-2-5-3;2-1-3/h3-6H,1-2H3;4,6H,2-3,5H2,1H3;3,5H,1-2,4H2;1H,(H,2,3).